The van der Waals surface area contributed by atoms with Crippen molar-refractivity contribution in [1.82, 2.24) is 4.98 Å². The summed E-state index contributed by atoms with van der Waals surface area (Å²) in [5.74, 6) is 0. The van der Waals surface area contributed by atoms with Gasteiger partial charge in [0.05, 0.1) is 6.10 Å². The molecule has 1 N–H and O–H groups in total. The van der Waals surface area contributed by atoms with Crippen LogP contribution in [-0.2, 0) is 6.42 Å². The normalized spacial score (nSPS) is 20.5. The van der Waals surface area contributed by atoms with Crippen molar-refractivity contribution < 1.29 is 5.11 Å². The Labute approximate surface area is 76.7 Å². The molecule has 1 aliphatic carbocycles. The van der Waals surface area contributed by atoms with Crippen LogP contribution in [0.4, 0.5) is 0 Å². The number of hydrogen-bond donors (Lipinski definition) is 1. The number of aromatic nitrogens is 1. The summed E-state index contributed by atoms with van der Waals surface area (Å²) in [6, 6.07) is 3.77. The minimum atomic E-state index is -0.385. The van der Waals surface area contributed by atoms with Crippen LogP contribution in [0.5, 0.6) is 0 Å². The summed E-state index contributed by atoms with van der Waals surface area (Å²) in [6.07, 6.45) is 3.98. The highest BCUT2D eigenvalue weighted by Crippen LogP contribution is 2.28. The number of hydrogen-bond acceptors (Lipinski definition) is 3. The lowest BCUT2D eigenvalue weighted by Gasteiger charge is -2.20. The van der Waals surface area contributed by atoms with Gasteiger partial charge in [0.2, 0.25) is 0 Å². The van der Waals surface area contributed by atoms with Crippen molar-refractivity contribution >= 4 is 0 Å². The maximum Gasteiger partial charge on any atom is 0.140 e. The van der Waals surface area contributed by atoms with Gasteiger partial charge < -0.3 is 5.11 Å². The standard InChI is InChI=1S/C10H10N2O/c11-5-8-4-7-2-1-3-10(13)9(7)6-12-8/h4,6,10,13H,1-3H2. The molecule has 1 aromatic rings. The number of fused-ring (bicyclic) bond motifs is 1. The van der Waals surface area contributed by atoms with Crippen molar-refractivity contribution in [3.8, 4) is 6.07 Å². The van der Waals surface area contributed by atoms with Gasteiger partial charge in [0, 0.05) is 11.8 Å². The summed E-state index contributed by atoms with van der Waals surface area (Å²) >= 11 is 0. The average molecular weight is 174 g/mol. The van der Waals surface area contributed by atoms with Gasteiger partial charge in [-0.25, -0.2) is 4.98 Å². The van der Waals surface area contributed by atoms with Gasteiger partial charge in [-0.1, -0.05) is 0 Å². The molecule has 3 nitrogen and oxygen atoms in total. The Balaban J connectivity index is 2.47. The molecular formula is C10H10N2O. The van der Waals surface area contributed by atoms with Crippen molar-refractivity contribution in [1.29, 1.82) is 5.26 Å². The van der Waals surface area contributed by atoms with Crippen LogP contribution in [0.1, 0.15) is 35.8 Å². The van der Waals surface area contributed by atoms with E-state index in [0.717, 1.165) is 30.4 Å². The summed E-state index contributed by atoms with van der Waals surface area (Å²) in [5.41, 5.74) is 2.41. The van der Waals surface area contributed by atoms with Crippen LogP contribution < -0.4 is 0 Å². The van der Waals surface area contributed by atoms with Crippen LogP contribution in [0.25, 0.3) is 0 Å². The Hall–Kier alpha value is -1.40. The first-order valence-corrected chi connectivity index (χ1v) is 4.38. The van der Waals surface area contributed by atoms with Gasteiger partial charge in [-0.15, -0.1) is 0 Å². The first-order valence-electron chi connectivity index (χ1n) is 4.38. The van der Waals surface area contributed by atoms with E-state index in [2.05, 4.69) is 4.98 Å². The Morgan fingerprint density at radius 2 is 2.46 bits per heavy atom. The molecule has 1 atom stereocenters. The molecule has 2 rings (SSSR count). The average Bonchev–Trinajstić information content (AvgIpc) is 2.18. The fourth-order valence-electron chi connectivity index (χ4n) is 1.73. The maximum absolute atomic E-state index is 9.60. The Kier molecular flexibility index (Phi) is 1.99. The highest BCUT2D eigenvalue weighted by molar-refractivity contribution is 5.34. The molecule has 1 aliphatic rings. The molecule has 13 heavy (non-hydrogen) atoms. The van der Waals surface area contributed by atoms with E-state index in [-0.39, 0.29) is 6.10 Å². The van der Waals surface area contributed by atoms with E-state index in [1.165, 1.54) is 0 Å². The molecule has 0 radical (unpaired) electrons. The van der Waals surface area contributed by atoms with E-state index >= 15 is 0 Å². The van der Waals surface area contributed by atoms with Crippen LogP contribution in [0, 0.1) is 11.3 Å². The number of pyridine rings is 1. The third-order valence-corrected chi connectivity index (χ3v) is 2.42. The zero-order chi connectivity index (χ0) is 9.26. The maximum atomic E-state index is 9.60. The zero-order valence-corrected chi connectivity index (χ0v) is 7.20. The number of rotatable bonds is 0. The van der Waals surface area contributed by atoms with Gasteiger partial charge in [0.15, 0.2) is 0 Å². The van der Waals surface area contributed by atoms with Gasteiger partial charge in [-0.2, -0.15) is 5.26 Å². The number of nitrogens with zero attached hydrogens (tertiary/aromatic N) is 2. The lowest BCUT2D eigenvalue weighted by molar-refractivity contribution is 0.156. The highest BCUT2D eigenvalue weighted by atomic mass is 16.3. The molecule has 3 heteroatoms. The molecule has 0 bridgehead atoms. The minimum absolute atomic E-state index is 0.385. The van der Waals surface area contributed by atoms with E-state index in [9.17, 15) is 5.11 Å². The summed E-state index contributed by atoms with van der Waals surface area (Å²) in [5, 5.41) is 18.2. The molecular weight excluding hydrogens is 164 g/mol. The Morgan fingerprint density at radius 3 is 3.23 bits per heavy atom. The number of nitriles is 1. The molecule has 1 heterocycles. The SMILES string of the molecule is N#Cc1cc2c(cn1)C(O)CCC2. The molecule has 1 unspecified atom stereocenters. The summed E-state index contributed by atoms with van der Waals surface area (Å²) in [6.45, 7) is 0. The summed E-state index contributed by atoms with van der Waals surface area (Å²) < 4.78 is 0. The molecule has 0 saturated carbocycles. The monoisotopic (exact) mass is 174 g/mol. The summed E-state index contributed by atoms with van der Waals surface area (Å²) in [4.78, 5) is 3.94. The second-order valence-corrected chi connectivity index (χ2v) is 3.29. The van der Waals surface area contributed by atoms with Crippen LogP contribution >= 0.6 is 0 Å². The summed E-state index contributed by atoms with van der Waals surface area (Å²) in [7, 11) is 0. The third kappa shape index (κ3) is 1.41. The molecule has 0 spiro atoms. The second-order valence-electron chi connectivity index (χ2n) is 3.29. The molecule has 1 aromatic heterocycles. The van der Waals surface area contributed by atoms with Crippen molar-refractivity contribution in [2.24, 2.45) is 0 Å². The van der Waals surface area contributed by atoms with Crippen LogP contribution in [0.2, 0.25) is 0 Å². The van der Waals surface area contributed by atoms with Gasteiger partial charge in [0.25, 0.3) is 0 Å². The van der Waals surface area contributed by atoms with Crippen molar-refractivity contribution in [3.63, 3.8) is 0 Å². The van der Waals surface area contributed by atoms with E-state index in [0.29, 0.717) is 5.69 Å². The fourth-order valence-corrected chi connectivity index (χ4v) is 1.73. The number of aliphatic hydroxyl groups is 1. The molecule has 0 aliphatic heterocycles. The van der Waals surface area contributed by atoms with Gasteiger partial charge in [0.1, 0.15) is 11.8 Å². The third-order valence-electron chi connectivity index (χ3n) is 2.42. The lowest BCUT2D eigenvalue weighted by atomic mass is 9.91. The zero-order valence-electron chi connectivity index (χ0n) is 7.20. The predicted octanol–water partition coefficient (Wildman–Crippen LogP) is 1.32. The Bertz CT molecular complexity index is 368. The second kappa shape index (κ2) is 3.15. The smallest absolute Gasteiger partial charge is 0.140 e. The molecule has 0 amide bonds. The Morgan fingerprint density at radius 1 is 1.62 bits per heavy atom. The van der Waals surface area contributed by atoms with Gasteiger partial charge >= 0.3 is 0 Å². The van der Waals surface area contributed by atoms with Crippen molar-refractivity contribution in [2.75, 3.05) is 0 Å². The van der Waals surface area contributed by atoms with Gasteiger partial charge in [-0.05, 0) is 30.9 Å². The van der Waals surface area contributed by atoms with Crippen LogP contribution in [0.15, 0.2) is 12.3 Å². The quantitative estimate of drug-likeness (QED) is 0.645. The van der Waals surface area contributed by atoms with Crippen LogP contribution in [0.3, 0.4) is 0 Å². The topological polar surface area (TPSA) is 56.9 Å². The fraction of sp³-hybridized carbons (Fsp3) is 0.400. The molecule has 0 fully saturated rings. The first-order chi connectivity index (χ1) is 6.31. The highest BCUT2D eigenvalue weighted by Gasteiger charge is 2.18. The predicted molar refractivity (Wildman–Crippen MR) is 46.8 cm³/mol. The van der Waals surface area contributed by atoms with Crippen LogP contribution in [-0.4, -0.2) is 10.1 Å². The molecule has 66 valence electrons. The van der Waals surface area contributed by atoms with E-state index in [1.807, 2.05) is 6.07 Å². The van der Waals surface area contributed by atoms with E-state index < -0.39 is 0 Å². The first kappa shape index (κ1) is 8.21. The van der Waals surface area contributed by atoms with Crippen molar-refractivity contribution in [3.05, 3.63) is 29.1 Å². The van der Waals surface area contributed by atoms with E-state index in [4.69, 9.17) is 5.26 Å². The van der Waals surface area contributed by atoms with Gasteiger partial charge in [-0.3, -0.25) is 0 Å². The largest absolute Gasteiger partial charge is 0.388 e. The number of aliphatic hydroxyl groups excluding tert-OH is 1. The van der Waals surface area contributed by atoms with Crippen molar-refractivity contribution in [2.45, 2.75) is 25.4 Å². The lowest BCUT2D eigenvalue weighted by Crippen LogP contribution is -2.10. The number of aryl methyl sites for hydroxylation is 1. The molecule has 0 aromatic carbocycles. The van der Waals surface area contributed by atoms with E-state index in [1.54, 1.807) is 12.3 Å². The minimum Gasteiger partial charge on any atom is -0.388 e. The molecule has 0 saturated heterocycles.